The molecule has 6 unspecified atom stereocenters. The highest BCUT2D eigenvalue weighted by molar-refractivity contribution is 7.47. The maximum Gasteiger partial charge on any atom is 0.472 e. The number of unbranched alkanes of at least 4 members (excludes halogenated alkanes) is 29. The lowest BCUT2D eigenvalue weighted by atomic mass is 9.85. The number of aliphatic hydroxyl groups is 5. The fraction of sp³-hybridized carbons (Fsp3) is 0.918. The molecule has 6 N–H and O–H groups in total. The van der Waals surface area contributed by atoms with Crippen molar-refractivity contribution in [2.45, 2.75) is 275 Å². The predicted molar refractivity (Wildman–Crippen MR) is 249 cm³/mol. The van der Waals surface area contributed by atoms with Crippen molar-refractivity contribution in [2.24, 2.45) is 0 Å². The summed E-state index contributed by atoms with van der Waals surface area (Å²) in [4.78, 5) is 35.8. The Bertz CT molecular complexity index is 1160. The van der Waals surface area contributed by atoms with Gasteiger partial charge in [0.1, 0.15) is 43.2 Å². The van der Waals surface area contributed by atoms with Crippen LogP contribution in [0.2, 0.25) is 0 Å². The van der Waals surface area contributed by atoms with E-state index in [1.54, 1.807) is 0 Å². The monoisotopic (exact) mass is 921 g/mol. The Morgan fingerprint density at radius 1 is 0.476 bits per heavy atom. The van der Waals surface area contributed by atoms with Gasteiger partial charge in [-0.2, -0.15) is 0 Å². The Kier molecular flexibility index (Phi) is 37.6. The molecule has 1 rings (SSSR count). The molecule has 0 aromatic rings. The van der Waals surface area contributed by atoms with Gasteiger partial charge in [-0.15, -0.1) is 0 Å². The molecule has 0 radical (unpaired) electrons. The van der Waals surface area contributed by atoms with E-state index in [1.165, 1.54) is 135 Å². The first kappa shape index (κ1) is 59.6. The standard InChI is InChI=1S/C49H93O13P/c1-3-5-7-9-11-13-15-17-18-19-20-21-22-23-24-26-28-30-32-34-36-38-43(51)61-41(40-60-63(57,58)62-49-47(55)45(53)44(52)46(54)48(49)56)39-59-42(50)37-35-33-31-29-27-25-16-14-12-10-8-6-4-2/h14,16,41,44-49,52-56H,3-13,15,17-40H2,1-2H3,(H,57,58)/b16-14+/t41-,44?,45-,46?,47?,48?,49?/m1/s1. The van der Waals surface area contributed by atoms with Gasteiger partial charge in [-0.3, -0.25) is 18.6 Å². The fourth-order valence-electron chi connectivity index (χ4n) is 7.99. The summed E-state index contributed by atoms with van der Waals surface area (Å²) in [5.41, 5.74) is 0. The smallest absolute Gasteiger partial charge is 0.462 e. The van der Waals surface area contributed by atoms with Gasteiger partial charge in [-0.25, -0.2) is 4.57 Å². The third-order valence-corrected chi connectivity index (χ3v) is 13.1. The molecule has 0 heterocycles. The number of allylic oxidation sites excluding steroid dienone is 2. The van der Waals surface area contributed by atoms with Crippen LogP contribution in [0.5, 0.6) is 0 Å². The number of hydrogen-bond acceptors (Lipinski definition) is 12. The molecule has 1 saturated carbocycles. The molecule has 0 aromatic carbocycles. The van der Waals surface area contributed by atoms with Crippen LogP contribution in [0.3, 0.4) is 0 Å². The lowest BCUT2D eigenvalue weighted by Gasteiger charge is -2.41. The number of carbonyl (C=O) groups is 2. The number of esters is 2. The molecular weight excluding hydrogens is 827 g/mol. The summed E-state index contributed by atoms with van der Waals surface area (Å²) in [6, 6.07) is 0. The van der Waals surface area contributed by atoms with E-state index in [4.69, 9.17) is 18.5 Å². The van der Waals surface area contributed by atoms with Crippen molar-refractivity contribution in [2.75, 3.05) is 13.2 Å². The Morgan fingerprint density at radius 2 is 0.810 bits per heavy atom. The number of aliphatic hydroxyl groups excluding tert-OH is 5. The molecule has 1 fully saturated rings. The lowest BCUT2D eigenvalue weighted by Crippen LogP contribution is -2.64. The Morgan fingerprint density at radius 3 is 1.22 bits per heavy atom. The lowest BCUT2D eigenvalue weighted by molar-refractivity contribution is -0.220. The van der Waals surface area contributed by atoms with Crippen LogP contribution in [0.1, 0.15) is 232 Å². The Hall–Kier alpha value is -1.41. The molecule has 0 aromatic heterocycles. The summed E-state index contributed by atoms with van der Waals surface area (Å²) in [6.07, 6.45) is 29.8. The number of hydrogen-bond donors (Lipinski definition) is 6. The maximum atomic E-state index is 12.8. The molecule has 1 aliphatic rings. The molecule has 0 spiro atoms. The van der Waals surface area contributed by atoms with Crippen LogP contribution >= 0.6 is 7.82 Å². The van der Waals surface area contributed by atoms with Gasteiger partial charge in [0.25, 0.3) is 0 Å². The molecular formula is C49H93O13P. The van der Waals surface area contributed by atoms with Crippen molar-refractivity contribution in [3.8, 4) is 0 Å². The molecule has 13 nitrogen and oxygen atoms in total. The second-order valence-electron chi connectivity index (χ2n) is 18.0. The largest absolute Gasteiger partial charge is 0.472 e. The number of phosphoric acid groups is 1. The topological polar surface area (TPSA) is 210 Å². The van der Waals surface area contributed by atoms with Gasteiger partial charge in [-0.1, -0.05) is 193 Å². The summed E-state index contributed by atoms with van der Waals surface area (Å²) in [7, 11) is -5.12. The van der Waals surface area contributed by atoms with Crippen LogP contribution < -0.4 is 0 Å². The van der Waals surface area contributed by atoms with Crippen molar-refractivity contribution >= 4 is 19.8 Å². The van der Waals surface area contributed by atoms with Crippen molar-refractivity contribution in [1.82, 2.24) is 0 Å². The summed E-state index contributed by atoms with van der Waals surface area (Å²) in [5.74, 6) is -1.10. The second kappa shape index (κ2) is 39.7. The molecule has 1 aliphatic carbocycles. The third-order valence-electron chi connectivity index (χ3n) is 12.1. The summed E-state index contributed by atoms with van der Waals surface area (Å²) in [6.45, 7) is 3.31. The first-order valence-corrected chi connectivity index (χ1v) is 27.0. The van der Waals surface area contributed by atoms with Crippen LogP contribution in [-0.4, -0.2) is 98.3 Å². The highest BCUT2D eigenvalue weighted by atomic mass is 31.2. The average Bonchev–Trinajstić information content (AvgIpc) is 3.26. The molecule has 372 valence electrons. The minimum absolute atomic E-state index is 0.101. The van der Waals surface area contributed by atoms with Crippen molar-refractivity contribution < 1.29 is 63.1 Å². The zero-order valence-electron chi connectivity index (χ0n) is 39.6. The predicted octanol–water partition coefficient (Wildman–Crippen LogP) is 10.6. The van der Waals surface area contributed by atoms with Crippen LogP contribution in [-0.2, 0) is 32.7 Å². The molecule has 0 aliphatic heterocycles. The molecule has 63 heavy (non-hydrogen) atoms. The zero-order valence-corrected chi connectivity index (χ0v) is 40.5. The summed E-state index contributed by atoms with van der Waals surface area (Å²) < 4.78 is 33.6. The Balaban J connectivity index is 2.37. The number of carbonyl (C=O) groups excluding carboxylic acids is 2. The van der Waals surface area contributed by atoms with E-state index in [-0.39, 0.29) is 12.8 Å². The van der Waals surface area contributed by atoms with Gasteiger partial charge < -0.3 is 39.9 Å². The normalized spacial score (nSPS) is 21.7. The summed E-state index contributed by atoms with van der Waals surface area (Å²) in [5, 5.41) is 50.2. The van der Waals surface area contributed by atoms with Gasteiger partial charge in [0, 0.05) is 12.8 Å². The van der Waals surface area contributed by atoms with Crippen molar-refractivity contribution in [1.29, 1.82) is 0 Å². The van der Waals surface area contributed by atoms with Gasteiger partial charge >= 0.3 is 19.8 Å². The van der Waals surface area contributed by atoms with E-state index in [0.717, 1.165) is 57.8 Å². The second-order valence-corrected chi connectivity index (χ2v) is 19.4. The molecule has 14 heteroatoms. The van der Waals surface area contributed by atoms with E-state index in [1.807, 2.05) is 0 Å². The average molecular weight is 921 g/mol. The number of ether oxygens (including phenoxy) is 2. The maximum absolute atomic E-state index is 12.8. The van der Waals surface area contributed by atoms with Gasteiger partial charge in [-0.05, 0) is 38.5 Å². The SMILES string of the molecule is CCCCCC/C=C/CCCCCCCC(=O)OC[C@H](COP(=O)(O)OC1C(O)C(O)C(O)[C@@H](O)C1O)OC(=O)CCCCCCCCCCCCCCCCCCCCCCC. The number of rotatable bonds is 43. The van der Waals surface area contributed by atoms with Crippen LogP contribution in [0.4, 0.5) is 0 Å². The molecule has 0 amide bonds. The number of phosphoric ester groups is 1. The van der Waals surface area contributed by atoms with Gasteiger partial charge in [0.2, 0.25) is 0 Å². The first-order valence-electron chi connectivity index (χ1n) is 25.5. The van der Waals surface area contributed by atoms with Crippen molar-refractivity contribution in [3.63, 3.8) is 0 Å². The molecule has 8 atom stereocenters. The van der Waals surface area contributed by atoms with E-state index in [2.05, 4.69) is 26.0 Å². The van der Waals surface area contributed by atoms with E-state index >= 15 is 0 Å². The third kappa shape index (κ3) is 32.0. The fourth-order valence-corrected chi connectivity index (χ4v) is 8.96. The molecule has 0 bridgehead atoms. The minimum Gasteiger partial charge on any atom is -0.462 e. The first-order chi connectivity index (χ1) is 30.4. The van der Waals surface area contributed by atoms with Gasteiger partial charge in [0.15, 0.2) is 6.10 Å². The quantitative estimate of drug-likeness (QED) is 0.0146. The molecule has 0 saturated heterocycles. The van der Waals surface area contributed by atoms with E-state index in [9.17, 15) is 44.6 Å². The van der Waals surface area contributed by atoms with E-state index in [0.29, 0.717) is 12.8 Å². The van der Waals surface area contributed by atoms with Crippen molar-refractivity contribution in [3.05, 3.63) is 12.2 Å². The summed E-state index contributed by atoms with van der Waals surface area (Å²) >= 11 is 0. The van der Waals surface area contributed by atoms with E-state index < -0.39 is 75.7 Å². The highest BCUT2D eigenvalue weighted by Gasteiger charge is 2.51. The highest BCUT2D eigenvalue weighted by Crippen LogP contribution is 2.47. The minimum atomic E-state index is -5.12. The Labute approximate surface area is 382 Å². The van der Waals surface area contributed by atoms with Crippen LogP contribution in [0, 0.1) is 0 Å². The van der Waals surface area contributed by atoms with Crippen LogP contribution in [0.25, 0.3) is 0 Å². The van der Waals surface area contributed by atoms with Crippen LogP contribution in [0.15, 0.2) is 12.2 Å². The zero-order chi connectivity index (χ0) is 46.4. The van der Waals surface area contributed by atoms with Gasteiger partial charge in [0.05, 0.1) is 6.61 Å².